The molecule has 0 saturated carbocycles. The second kappa shape index (κ2) is 6.24. The third kappa shape index (κ3) is 4.27. The normalized spacial score (nSPS) is 18.8. The SMILES string of the molecule is Cn1nc(C(F)(F)F)c(C(F)S(=O)(=O)C2=NOC(C)(C)C2)c1OC(F)(F)F. The molecular formula is C12H12F7N3O4S. The fourth-order valence-corrected chi connectivity index (χ4v) is 3.65. The van der Waals surface area contributed by atoms with Crippen LogP contribution in [0.1, 0.15) is 37.0 Å². The first-order chi connectivity index (χ1) is 12.0. The van der Waals surface area contributed by atoms with Gasteiger partial charge in [-0.15, -0.1) is 13.2 Å². The van der Waals surface area contributed by atoms with Crippen molar-refractivity contribution in [1.82, 2.24) is 9.78 Å². The average molecular weight is 427 g/mol. The Kier molecular flexibility index (Phi) is 4.91. The fraction of sp³-hybridized carbons (Fsp3) is 0.667. The smallest absolute Gasteiger partial charge is 0.389 e. The van der Waals surface area contributed by atoms with Crippen molar-refractivity contribution in [3.63, 3.8) is 0 Å². The van der Waals surface area contributed by atoms with Gasteiger partial charge in [-0.1, -0.05) is 5.16 Å². The lowest BCUT2D eigenvalue weighted by Crippen LogP contribution is -2.26. The van der Waals surface area contributed by atoms with Gasteiger partial charge < -0.3 is 9.57 Å². The second-order valence-corrected chi connectivity index (χ2v) is 8.09. The van der Waals surface area contributed by atoms with E-state index < -0.39 is 62.1 Å². The topological polar surface area (TPSA) is 82.8 Å². The highest BCUT2D eigenvalue weighted by Crippen LogP contribution is 2.44. The molecule has 0 amide bonds. The average Bonchev–Trinajstić information content (AvgIpc) is 2.97. The predicted octanol–water partition coefficient (Wildman–Crippen LogP) is 3.23. The lowest BCUT2D eigenvalue weighted by atomic mass is 10.1. The summed E-state index contributed by atoms with van der Waals surface area (Å²) in [7, 11) is -4.64. The van der Waals surface area contributed by atoms with Crippen LogP contribution in [0.4, 0.5) is 30.7 Å². The molecule has 0 spiro atoms. The Bertz CT molecular complexity index is 871. The lowest BCUT2D eigenvalue weighted by molar-refractivity contribution is -0.277. The maximum Gasteiger partial charge on any atom is 0.574 e. The summed E-state index contributed by atoms with van der Waals surface area (Å²) >= 11 is 0. The summed E-state index contributed by atoms with van der Waals surface area (Å²) < 4.78 is 119. The fourth-order valence-electron chi connectivity index (χ4n) is 2.20. The molecule has 1 aliphatic heterocycles. The minimum Gasteiger partial charge on any atom is -0.389 e. The Balaban J connectivity index is 2.62. The van der Waals surface area contributed by atoms with E-state index in [9.17, 15) is 39.2 Å². The number of oxime groups is 1. The van der Waals surface area contributed by atoms with Crippen molar-refractivity contribution in [2.45, 2.75) is 43.9 Å². The van der Waals surface area contributed by atoms with Gasteiger partial charge >= 0.3 is 12.5 Å². The summed E-state index contributed by atoms with van der Waals surface area (Å²) in [5, 5.41) is 4.92. The third-order valence-corrected chi connectivity index (χ3v) is 4.97. The minimum absolute atomic E-state index is 0.0510. The molecule has 1 atom stereocenters. The molecule has 1 aromatic rings. The molecule has 154 valence electrons. The highest BCUT2D eigenvalue weighted by Gasteiger charge is 2.50. The van der Waals surface area contributed by atoms with E-state index in [1.807, 2.05) is 0 Å². The van der Waals surface area contributed by atoms with Crippen molar-refractivity contribution in [3.05, 3.63) is 11.3 Å². The van der Waals surface area contributed by atoms with E-state index in [0.717, 1.165) is 0 Å². The van der Waals surface area contributed by atoms with Crippen LogP contribution in [-0.2, 0) is 27.9 Å². The van der Waals surface area contributed by atoms with Crippen molar-refractivity contribution in [2.75, 3.05) is 0 Å². The van der Waals surface area contributed by atoms with E-state index in [-0.39, 0.29) is 4.68 Å². The molecule has 15 heteroatoms. The van der Waals surface area contributed by atoms with E-state index in [0.29, 0.717) is 7.05 Å². The summed E-state index contributed by atoms with van der Waals surface area (Å²) in [5.74, 6) is -1.75. The quantitative estimate of drug-likeness (QED) is 0.692. The molecule has 0 fully saturated rings. The standard InChI is InChI=1S/C12H12F7N3O4S/c1-10(2)4-5(21-26-10)27(23,24)8(13)6-7(11(14,15)16)20-22(3)9(6)25-12(17,18)19/h8H,4H2,1-3H3. The van der Waals surface area contributed by atoms with Crippen LogP contribution < -0.4 is 4.74 Å². The van der Waals surface area contributed by atoms with Crippen LogP contribution in [0.15, 0.2) is 5.16 Å². The van der Waals surface area contributed by atoms with Crippen molar-refractivity contribution in [1.29, 1.82) is 0 Å². The monoisotopic (exact) mass is 427 g/mol. The molecule has 0 saturated heterocycles. The highest BCUT2D eigenvalue weighted by atomic mass is 32.2. The Morgan fingerprint density at radius 1 is 1.22 bits per heavy atom. The van der Waals surface area contributed by atoms with Gasteiger partial charge in [-0.05, 0) is 13.8 Å². The molecule has 1 aromatic heterocycles. The van der Waals surface area contributed by atoms with Crippen LogP contribution in [0.5, 0.6) is 5.88 Å². The molecule has 2 rings (SSSR count). The van der Waals surface area contributed by atoms with Crippen LogP contribution >= 0.6 is 0 Å². The number of hydrogen-bond acceptors (Lipinski definition) is 6. The molecule has 2 heterocycles. The number of nitrogens with zero attached hydrogens (tertiary/aromatic N) is 3. The lowest BCUT2D eigenvalue weighted by Gasteiger charge is -2.16. The molecule has 0 radical (unpaired) electrons. The zero-order chi connectivity index (χ0) is 21.0. The number of hydrogen-bond donors (Lipinski definition) is 0. The Morgan fingerprint density at radius 3 is 2.19 bits per heavy atom. The molecule has 1 aliphatic rings. The van der Waals surface area contributed by atoms with Crippen molar-refractivity contribution < 1.29 is 48.7 Å². The number of halogens is 7. The van der Waals surface area contributed by atoms with Crippen LogP contribution in [0.25, 0.3) is 0 Å². The van der Waals surface area contributed by atoms with Gasteiger partial charge in [0.05, 0.1) is 5.56 Å². The summed E-state index contributed by atoms with van der Waals surface area (Å²) in [6.07, 6.45) is -11.5. The van der Waals surface area contributed by atoms with Crippen molar-refractivity contribution >= 4 is 14.9 Å². The molecule has 27 heavy (non-hydrogen) atoms. The molecular weight excluding hydrogens is 415 g/mol. The summed E-state index contributed by atoms with van der Waals surface area (Å²) in [6, 6.07) is 0. The Hall–Kier alpha value is -2.06. The Labute approximate surface area is 147 Å². The van der Waals surface area contributed by atoms with E-state index >= 15 is 0 Å². The van der Waals surface area contributed by atoms with Gasteiger partial charge in [0.1, 0.15) is 5.60 Å². The summed E-state index contributed by atoms with van der Waals surface area (Å²) in [5.41, 5.74) is -8.85. The van der Waals surface area contributed by atoms with Crippen molar-refractivity contribution in [3.8, 4) is 5.88 Å². The summed E-state index contributed by atoms with van der Waals surface area (Å²) in [4.78, 5) is 4.73. The number of aryl methyl sites for hydroxylation is 1. The molecule has 0 bridgehead atoms. The number of sulfone groups is 1. The summed E-state index contributed by atoms with van der Waals surface area (Å²) in [6.45, 7) is 2.74. The molecule has 1 unspecified atom stereocenters. The van der Waals surface area contributed by atoms with Crippen LogP contribution in [0, 0.1) is 0 Å². The zero-order valence-corrected chi connectivity index (χ0v) is 14.6. The molecule has 0 aliphatic carbocycles. The predicted molar refractivity (Wildman–Crippen MR) is 74.9 cm³/mol. The van der Waals surface area contributed by atoms with E-state index in [1.165, 1.54) is 13.8 Å². The maximum absolute atomic E-state index is 14.7. The molecule has 0 aromatic carbocycles. The highest BCUT2D eigenvalue weighted by molar-refractivity contribution is 8.06. The third-order valence-electron chi connectivity index (χ3n) is 3.31. The largest absolute Gasteiger partial charge is 0.574 e. The molecule has 7 nitrogen and oxygen atoms in total. The first kappa shape index (κ1) is 21.2. The van der Waals surface area contributed by atoms with E-state index in [2.05, 4.69) is 15.0 Å². The number of rotatable bonds is 3. The van der Waals surface area contributed by atoms with Gasteiger partial charge in [0.25, 0.3) is 0 Å². The van der Waals surface area contributed by atoms with E-state index in [4.69, 9.17) is 4.84 Å². The van der Waals surface area contributed by atoms with E-state index in [1.54, 1.807) is 0 Å². The first-order valence-electron chi connectivity index (χ1n) is 6.98. The number of aromatic nitrogens is 2. The van der Waals surface area contributed by atoms with Crippen molar-refractivity contribution in [2.24, 2.45) is 12.2 Å². The van der Waals surface area contributed by atoms with Gasteiger partial charge in [-0.3, -0.25) is 0 Å². The van der Waals surface area contributed by atoms with Gasteiger partial charge in [0.2, 0.25) is 21.2 Å². The van der Waals surface area contributed by atoms with Gasteiger partial charge in [-0.2, -0.15) is 18.3 Å². The zero-order valence-electron chi connectivity index (χ0n) is 13.8. The molecule has 0 N–H and O–H groups in total. The van der Waals surface area contributed by atoms with Gasteiger partial charge in [0.15, 0.2) is 10.7 Å². The first-order valence-corrected chi connectivity index (χ1v) is 8.53. The number of ether oxygens (including phenoxy) is 1. The van der Waals surface area contributed by atoms with Gasteiger partial charge in [-0.25, -0.2) is 17.5 Å². The Morgan fingerprint density at radius 2 is 1.78 bits per heavy atom. The second-order valence-electron chi connectivity index (χ2n) is 6.11. The van der Waals surface area contributed by atoms with Crippen LogP contribution in [0.3, 0.4) is 0 Å². The number of alkyl halides is 7. The van der Waals surface area contributed by atoms with Crippen LogP contribution in [-0.4, -0.2) is 35.2 Å². The minimum atomic E-state index is -5.52. The van der Waals surface area contributed by atoms with Crippen LogP contribution in [0.2, 0.25) is 0 Å². The maximum atomic E-state index is 14.7. The van der Waals surface area contributed by atoms with Gasteiger partial charge in [0, 0.05) is 13.5 Å².